The highest BCUT2D eigenvalue weighted by atomic mass is 32.1. The topological polar surface area (TPSA) is 28.7 Å². The maximum absolute atomic E-state index is 11.1. The van der Waals surface area contributed by atoms with E-state index in [4.69, 9.17) is 0 Å². The average Bonchev–Trinajstić information content (AvgIpc) is 3.86. The number of fused-ring (bicyclic) bond motifs is 6. The average molecular weight is 785 g/mol. The SMILES string of the molecule is N#Cc1c(-c2cccc(-n3c4ccccc4c4ccccc43)c2)cccc1-c1cccc([Si](c2ccccc2)(c2ccccc2)c2cccc3c2sc2ccccc23)c1. The van der Waals surface area contributed by atoms with E-state index in [1.54, 1.807) is 0 Å². The van der Waals surface area contributed by atoms with Gasteiger partial charge in [0, 0.05) is 47.8 Å². The van der Waals surface area contributed by atoms with Crippen LogP contribution >= 0.6 is 11.3 Å². The molecule has 2 aromatic heterocycles. The quantitative estimate of drug-likeness (QED) is 0.117. The van der Waals surface area contributed by atoms with Crippen LogP contribution in [0.5, 0.6) is 0 Å². The van der Waals surface area contributed by atoms with Crippen molar-refractivity contribution in [3.63, 3.8) is 0 Å². The number of rotatable bonds is 7. The zero-order chi connectivity index (χ0) is 39.3. The summed E-state index contributed by atoms with van der Waals surface area (Å²) in [7, 11) is -2.96. The molecule has 2 nitrogen and oxygen atoms in total. The van der Waals surface area contributed by atoms with Gasteiger partial charge in [0.1, 0.15) is 6.07 Å². The fraction of sp³-hybridized carbons (Fsp3) is 0. The lowest BCUT2D eigenvalue weighted by Crippen LogP contribution is -2.74. The van der Waals surface area contributed by atoms with E-state index in [2.05, 4.69) is 229 Å². The molecule has 9 aromatic carbocycles. The molecule has 0 aliphatic carbocycles. The van der Waals surface area contributed by atoms with E-state index in [-0.39, 0.29) is 0 Å². The van der Waals surface area contributed by atoms with E-state index in [0.717, 1.165) is 39.0 Å². The summed E-state index contributed by atoms with van der Waals surface area (Å²) in [5.41, 5.74) is 7.94. The molecular formula is C55H36N2SSi. The Hall–Kier alpha value is -7.29. The Morgan fingerprint density at radius 2 is 0.932 bits per heavy atom. The minimum Gasteiger partial charge on any atom is -0.309 e. The van der Waals surface area contributed by atoms with Crippen molar-refractivity contribution < 1.29 is 0 Å². The molecule has 0 bridgehead atoms. The van der Waals surface area contributed by atoms with Crippen molar-refractivity contribution >= 4 is 82.1 Å². The number of para-hydroxylation sites is 2. The largest absolute Gasteiger partial charge is 0.309 e. The van der Waals surface area contributed by atoms with E-state index in [9.17, 15) is 5.26 Å². The normalized spacial score (nSPS) is 11.7. The van der Waals surface area contributed by atoms with Crippen LogP contribution in [-0.4, -0.2) is 12.6 Å². The molecular weight excluding hydrogens is 749 g/mol. The van der Waals surface area contributed by atoms with Gasteiger partial charge in [-0.1, -0.05) is 188 Å². The van der Waals surface area contributed by atoms with Crippen molar-refractivity contribution in [2.24, 2.45) is 0 Å². The first kappa shape index (κ1) is 34.9. The predicted octanol–water partition coefficient (Wildman–Crippen LogP) is 11.7. The standard InChI is InChI=1S/C55H36N2SSi/c56-37-50-44(38-17-13-19-40(35-38)57-51-31-10-7-25-46(51)47-26-8-11-32-52(47)57)28-15-29-45(50)39-18-14-24-43(36-39)59(41-20-3-1-4-21-41,42-22-5-2-6-23-42)54-34-16-30-49-48-27-9-12-33-53(48)58-55(49)54/h1-36H. The monoisotopic (exact) mass is 784 g/mol. The Balaban J connectivity index is 1.12. The van der Waals surface area contributed by atoms with Crippen LogP contribution in [0.15, 0.2) is 218 Å². The fourth-order valence-electron chi connectivity index (χ4n) is 9.47. The molecule has 0 saturated heterocycles. The van der Waals surface area contributed by atoms with Gasteiger partial charge < -0.3 is 4.57 Å². The van der Waals surface area contributed by atoms with Gasteiger partial charge in [-0.05, 0) is 62.2 Å². The van der Waals surface area contributed by atoms with Gasteiger partial charge in [-0.15, -0.1) is 11.3 Å². The summed E-state index contributed by atoms with van der Waals surface area (Å²) < 4.78 is 4.97. The first-order chi connectivity index (χ1) is 29.2. The lowest BCUT2D eigenvalue weighted by molar-refractivity contribution is 1.18. The number of hydrogen-bond donors (Lipinski definition) is 0. The van der Waals surface area contributed by atoms with Crippen LogP contribution in [0.25, 0.3) is 69.9 Å². The summed E-state index contributed by atoms with van der Waals surface area (Å²) in [5.74, 6) is 0. The van der Waals surface area contributed by atoms with Crippen LogP contribution in [-0.2, 0) is 0 Å². The molecule has 0 aliphatic heterocycles. The maximum Gasteiger partial charge on any atom is 0.181 e. The summed E-state index contributed by atoms with van der Waals surface area (Å²) in [5, 5.41) is 21.4. The van der Waals surface area contributed by atoms with Gasteiger partial charge in [0.25, 0.3) is 0 Å². The van der Waals surface area contributed by atoms with Crippen molar-refractivity contribution in [2.75, 3.05) is 0 Å². The third kappa shape index (κ3) is 5.51. The Bertz CT molecular complexity index is 3320. The van der Waals surface area contributed by atoms with Crippen LogP contribution in [0.4, 0.5) is 0 Å². The smallest absolute Gasteiger partial charge is 0.181 e. The lowest BCUT2D eigenvalue weighted by atomic mass is 9.92. The molecule has 0 radical (unpaired) electrons. The van der Waals surface area contributed by atoms with Crippen molar-refractivity contribution in [2.45, 2.75) is 0 Å². The predicted molar refractivity (Wildman–Crippen MR) is 253 cm³/mol. The molecule has 0 amide bonds. The van der Waals surface area contributed by atoms with E-state index < -0.39 is 8.07 Å². The fourth-order valence-corrected chi connectivity index (χ4v) is 16.1. The number of nitrogens with zero attached hydrogens (tertiary/aromatic N) is 2. The highest BCUT2D eigenvalue weighted by molar-refractivity contribution is 7.30. The van der Waals surface area contributed by atoms with Crippen LogP contribution in [0.1, 0.15) is 5.56 Å². The Kier molecular flexibility index (Phi) is 8.44. The second-order valence-electron chi connectivity index (χ2n) is 15.1. The highest BCUT2D eigenvalue weighted by Gasteiger charge is 2.43. The minimum absolute atomic E-state index is 0.669. The molecule has 0 N–H and O–H groups in total. The number of hydrogen-bond acceptors (Lipinski definition) is 2. The number of benzene rings is 9. The molecule has 0 spiro atoms. The van der Waals surface area contributed by atoms with Crippen molar-refractivity contribution in [1.82, 2.24) is 4.57 Å². The van der Waals surface area contributed by atoms with Crippen molar-refractivity contribution in [3.8, 4) is 34.0 Å². The molecule has 0 saturated carbocycles. The van der Waals surface area contributed by atoms with E-state index >= 15 is 0 Å². The van der Waals surface area contributed by atoms with Gasteiger partial charge >= 0.3 is 0 Å². The summed E-state index contributed by atoms with van der Waals surface area (Å²) in [4.78, 5) is 0. The number of nitriles is 1. The summed E-state index contributed by atoms with van der Waals surface area (Å²) in [6, 6.07) is 81.8. The van der Waals surface area contributed by atoms with Crippen LogP contribution in [0.2, 0.25) is 0 Å². The van der Waals surface area contributed by atoms with E-state index in [1.807, 2.05) is 11.3 Å². The molecule has 0 unspecified atom stereocenters. The van der Waals surface area contributed by atoms with Gasteiger partial charge in [-0.3, -0.25) is 0 Å². The lowest BCUT2D eigenvalue weighted by Gasteiger charge is -2.35. The zero-order valence-corrected chi connectivity index (χ0v) is 33.9. The summed E-state index contributed by atoms with van der Waals surface area (Å²) >= 11 is 1.90. The molecule has 11 rings (SSSR count). The molecule has 4 heteroatoms. The third-order valence-corrected chi connectivity index (χ3v) is 18.2. The Morgan fingerprint density at radius 1 is 0.424 bits per heavy atom. The number of aromatic nitrogens is 1. The molecule has 2 heterocycles. The molecule has 0 fully saturated rings. The first-order valence-electron chi connectivity index (χ1n) is 20.0. The Labute approximate surface area is 348 Å². The second-order valence-corrected chi connectivity index (χ2v) is 19.9. The van der Waals surface area contributed by atoms with Crippen molar-refractivity contribution in [3.05, 3.63) is 224 Å². The van der Waals surface area contributed by atoms with Crippen LogP contribution in [0.3, 0.4) is 0 Å². The highest BCUT2D eigenvalue weighted by Crippen LogP contribution is 2.37. The van der Waals surface area contributed by atoms with Gasteiger partial charge in [0.2, 0.25) is 0 Å². The zero-order valence-electron chi connectivity index (χ0n) is 32.1. The molecule has 0 aliphatic rings. The van der Waals surface area contributed by atoms with Gasteiger partial charge in [-0.2, -0.15) is 5.26 Å². The molecule has 11 aromatic rings. The van der Waals surface area contributed by atoms with Gasteiger partial charge in [0.05, 0.1) is 16.6 Å². The number of thiophene rings is 1. The van der Waals surface area contributed by atoms with Crippen molar-refractivity contribution in [1.29, 1.82) is 5.26 Å². The third-order valence-electron chi connectivity index (χ3n) is 12.0. The molecule has 0 atom stereocenters. The summed E-state index contributed by atoms with van der Waals surface area (Å²) in [6.45, 7) is 0. The van der Waals surface area contributed by atoms with E-state index in [0.29, 0.717) is 5.56 Å². The second kappa shape index (κ2) is 14.3. The minimum atomic E-state index is -2.96. The Morgan fingerprint density at radius 3 is 1.59 bits per heavy atom. The van der Waals surface area contributed by atoms with Gasteiger partial charge in [0.15, 0.2) is 8.07 Å². The summed E-state index contributed by atoms with van der Waals surface area (Å²) in [6.07, 6.45) is 0. The van der Waals surface area contributed by atoms with Gasteiger partial charge in [-0.25, -0.2) is 0 Å². The molecule has 59 heavy (non-hydrogen) atoms. The van der Waals surface area contributed by atoms with E-state index in [1.165, 1.54) is 51.7 Å². The van der Waals surface area contributed by atoms with Crippen LogP contribution in [0, 0.1) is 11.3 Å². The molecule has 276 valence electrons. The maximum atomic E-state index is 11.1. The first-order valence-corrected chi connectivity index (χ1v) is 22.8. The van der Waals surface area contributed by atoms with Crippen LogP contribution < -0.4 is 20.7 Å².